The molecule has 1 rings (SSSR count). The van der Waals surface area contributed by atoms with Gasteiger partial charge in [0.05, 0.1) is 6.61 Å². The van der Waals surface area contributed by atoms with Crippen LogP contribution in [0.4, 0.5) is 0 Å². The molecule has 0 aromatic carbocycles. The third-order valence-electron chi connectivity index (χ3n) is 1.61. The minimum absolute atomic E-state index is 0.0274. The van der Waals surface area contributed by atoms with E-state index in [1.54, 1.807) is 13.8 Å². The Balaban J connectivity index is 3.28. The van der Waals surface area contributed by atoms with E-state index in [0.717, 1.165) is 0 Å². The zero-order valence-electron chi connectivity index (χ0n) is 7.84. The van der Waals surface area contributed by atoms with Gasteiger partial charge in [-0.2, -0.15) is 0 Å². The van der Waals surface area contributed by atoms with Crippen LogP contribution in [0.5, 0.6) is 0 Å². The van der Waals surface area contributed by atoms with Crippen LogP contribution >= 0.6 is 12.2 Å². The van der Waals surface area contributed by atoms with E-state index in [1.165, 1.54) is 0 Å². The van der Waals surface area contributed by atoms with Gasteiger partial charge in [-0.15, -0.1) is 0 Å². The van der Waals surface area contributed by atoms with E-state index < -0.39 is 11.5 Å². The van der Waals surface area contributed by atoms with E-state index in [0.29, 0.717) is 5.69 Å². The van der Waals surface area contributed by atoms with E-state index in [2.05, 4.69) is 9.97 Å². The molecule has 5 nitrogen and oxygen atoms in total. The first-order valence-corrected chi connectivity index (χ1v) is 4.47. The van der Waals surface area contributed by atoms with Crippen LogP contribution in [0.1, 0.15) is 23.0 Å². The maximum atomic E-state index is 11.3. The molecule has 0 aliphatic carbocycles. The summed E-state index contributed by atoms with van der Waals surface area (Å²) in [4.78, 5) is 27.6. The molecule has 1 aromatic heterocycles. The molecular weight excluding hydrogens is 204 g/mol. The van der Waals surface area contributed by atoms with Crippen molar-refractivity contribution < 1.29 is 9.53 Å². The third kappa shape index (κ3) is 2.08. The van der Waals surface area contributed by atoms with Crippen molar-refractivity contribution in [1.29, 1.82) is 0 Å². The van der Waals surface area contributed by atoms with Crippen LogP contribution in [0.15, 0.2) is 4.79 Å². The molecule has 0 radical (unpaired) electrons. The molecule has 76 valence electrons. The van der Waals surface area contributed by atoms with Crippen LogP contribution in [0.3, 0.4) is 0 Å². The van der Waals surface area contributed by atoms with E-state index in [1.807, 2.05) is 0 Å². The number of carbonyl (C=O) groups excluding carboxylic acids is 1. The zero-order chi connectivity index (χ0) is 10.7. The number of hydrogen-bond donors (Lipinski definition) is 2. The molecule has 0 amide bonds. The van der Waals surface area contributed by atoms with Crippen molar-refractivity contribution >= 4 is 18.2 Å². The third-order valence-corrected chi connectivity index (χ3v) is 1.81. The molecule has 0 fully saturated rings. The molecule has 0 bridgehead atoms. The molecular formula is C8H10N2O3S. The van der Waals surface area contributed by atoms with Gasteiger partial charge in [-0.1, -0.05) is 0 Å². The lowest BCUT2D eigenvalue weighted by Crippen LogP contribution is -2.22. The second-order valence-electron chi connectivity index (χ2n) is 2.63. The highest BCUT2D eigenvalue weighted by atomic mass is 32.1. The number of H-pyrrole nitrogens is 2. The van der Waals surface area contributed by atoms with Crippen molar-refractivity contribution in [1.82, 2.24) is 9.97 Å². The van der Waals surface area contributed by atoms with Gasteiger partial charge in [0, 0.05) is 5.69 Å². The highest BCUT2D eigenvalue weighted by Crippen LogP contribution is 1.99. The minimum atomic E-state index is -0.641. The summed E-state index contributed by atoms with van der Waals surface area (Å²) in [6.45, 7) is 3.50. The Morgan fingerprint density at radius 2 is 2.14 bits per heavy atom. The number of nitrogens with one attached hydrogen (secondary N) is 2. The van der Waals surface area contributed by atoms with Crippen molar-refractivity contribution in [2.75, 3.05) is 6.61 Å². The van der Waals surface area contributed by atoms with Crippen LogP contribution in [0, 0.1) is 11.7 Å². The van der Waals surface area contributed by atoms with E-state index in [4.69, 9.17) is 17.0 Å². The van der Waals surface area contributed by atoms with Gasteiger partial charge in [-0.3, -0.25) is 9.78 Å². The van der Waals surface area contributed by atoms with Crippen LogP contribution in [-0.4, -0.2) is 22.5 Å². The Hall–Kier alpha value is -1.43. The van der Waals surface area contributed by atoms with Crippen LogP contribution < -0.4 is 5.56 Å². The number of hydrogen-bond acceptors (Lipinski definition) is 4. The molecule has 0 aliphatic heterocycles. The van der Waals surface area contributed by atoms with Crippen LogP contribution in [0.25, 0.3) is 0 Å². The van der Waals surface area contributed by atoms with Gasteiger partial charge in [0.1, 0.15) is 5.56 Å². The van der Waals surface area contributed by atoms with Gasteiger partial charge in [-0.25, -0.2) is 4.79 Å². The molecule has 1 heterocycles. The van der Waals surface area contributed by atoms with E-state index in [9.17, 15) is 9.59 Å². The Labute approximate surface area is 85.1 Å². The molecule has 0 atom stereocenters. The Kier molecular flexibility index (Phi) is 3.19. The van der Waals surface area contributed by atoms with Crippen molar-refractivity contribution in [2.24, 2.45) is 0 Å². The fourth-order valence-corrected chi connectivity index (χ4v) is 1.29. The smallest absolute Gasteiger partial charge is 0.345 e. The predicted octanol–water partition coefficient (Wildman–Crippen LogP) is 0.918. The van der Waals surface area contributed by atoms with E-state index in [-0.39, 0.29) is 16.9 Å². The van der Waals surface area contributed by atoms with Crippen molar-refractivity contribution in [2.45, 2.75) is 13.8 Å². The lowest BCUT2D eigenvalue weighted by molar-refractivity contribution is 0.0522. The average molecular weight is 214 g/mol. The summed E-state index contributed by atoms with van der Waals surface area (Å²) in [7, 11) is 0. The number of rotatable bonds is 2. The quantitative estimate of drug-likeness (QED) is 0.567. The molecule has 0 unspecified atom stereocenters. The minimum Gasteiger partial charge on any atom is -0.462 e. The van der Waals surface area contributed by atoms with Crippen LogP contribution in [-0.2, 0) is 4.74 Å². The Morgan fingerprint density at radius 1 is 1.50 bits per heavy atom. The standard InChI is InChI=1S/C8H10N2O3S/c1-3-13-7(12)5-4(2)9-8(14)10-6(5)11/h3H2,1-2H3,(H2,9,10,11,14). The summed E-state index contributed by atoms with van der Waals surface area (Å²) in [5, 5.41) is 0. The summed E-state index contributed by atoms with van der Waals surface area (Å²) in [6, 6.07) is 0. The molecule has 2 N–H and O–H groups in total. The average Bonchev–Trinajstić information content (AvgIpc) is 2.01. The van der Waals surface area contributed by atoms with Crippen molar-refractivity contribution in [3.8, 4) is 0 Å². The number of aromatic amines is 2. The maximum absolute atomic E-state index is 11.3. The van der Waals surface area contributed by atoms with E-state index >= 15 is 0 Å². The molecule has 1 aromatic rings. The summed E-state index contributed by atoms with van der Waals surface area (Å²) < 4.78 is 4.91. The monoisotopic (exact) mass is 214 g/mol. The van der Waals surface area contributed by atoms with Gasteiger partial charge in [0.25, 0.3) is 5.56 Å². The fraction of sp³-hybridized carbons (Fsp3) is 0.375. The summed E-state index contributed by atoms with van der Waals surface area (Å²) in [5.74, 6) is -0.641. The zero-order valence-corrected chi connectivity index (χ0v) is 8.66. The number of aromatic nitrogens is 2. The first-order chi connectivity index (χ1) is 6.56. The first-order valence-electron chi connectivity index (χ1n) is 4.06. The second-order valence-corrected chi connectivity index (χ2v) is 3.04. The lowest BCUT2D eigenvalue weighted by atomic mass is 10.2. The highest BCUT2D eigenvalue weighted by Gasteiger charge is 2.14. The number of ether oxygens (including phenoxy) is 1. The van der Waals surface area contributed by atoms with Gasteiger partial charge in [0.2, 0.25) is 0 Å². The lowest BCUT2D eigenvalue weighted by Gasteiger charge is -2.03. The number of aryl methyl sites for hydroxylation is 1. The van der Waals surface area contributed by atoms with Gasteiger partial charge >= 0.3 is 5.97 Å². The first kappa shape index (κ1) is 10.6. The van der Waals surface area contributed by atoms with Gasteiger partial charge in [-0.05, 0) is 26.1 Å². The highest BCUT2D eigenvalue weighted by molar-refractivity contribution is 7.71. The second kappa shape index (κ2) is 4.19. The van der Waals surface area contributed by atoms with Crippen molar-refractivity contribution in [3.05, 3.63) is 26.4 Å². The number of esters is 1. The van der Waals surface area contributed by atoms with Crippen molar-refractivity contribution in [3.63, 3.8) is 0 Å². The molecule has 0 aliphatic rings. The number of carbonyl (C=O) groups is 1. The van der Waals surface area contributed by atoms with Gasteiger partial charge < -0.3 is 9.72 Å². The maximum Gasteiger partial charge on any atom is 0.345 e. The molecule has 0 saturated carbocycles. The SMILES string of the molecule is CCOC(=O)c1c(C)[nH]c(=S)[nH]c1=O. The Bertz CT molecular complexity index is 460. The largest absolute Gasteiger partial charge is 0.462 e. The molecule has 0 saturated heterocycles. The summed E-state index contributed by atoms with van der Waals surface area (Å²) in [5.41, 5.74) is -0.137. The van der Waals surface area contributed by atoms with Gasteiger partial charge in [0.15, 0.2) is 4.77 Å². The normalized spacial score (nSPS) is 9.86. The summed E-state index contributed by atoms with van der Waals surface area (Å²) in [6.07, 6.45) is 0. The van der Waals surface area contributed by atoms with Crippen LogP contribution in [0.2, 0.25) is 0 Å². The fourth-order valence-electron chi connectivity index (χ4n) is 1.05. The summed E-state index contributed by atoms with van der Waals surface area (Å²) >= 11 is 4.73. The molecule has 0 spiro atoms. The molecule has 14 heavy (non-hydrogen) atoms. The topological polar surface area (TPSA) is 75.0 Å². The molecule has 6 heteroatoms. The predicted molar refractivity (Wildman–Crippen MR) is 52.9 cm³/mol. The Morgan fingerprint density at radius 3 is 2.64 bits per heavy atom.